The number of pyridine rings is 1. The van der Waals surface area contributed by atoms with Crippen molar-refractivity contribution in [3.8, 4) is 0 Å². The smallest absolute Gasteiger partial charge is 0.160 e. The fraction of sp³-hybridized carbons (Fsp3) is 0.200. The van der Waals surface area contributed by atoms with E-state index in [0.717, 1.165) is 5.69 Å². The second-order valence-corrected chi connectivity index (χ2v) is 3.31. The van der Waals surface area contributed by atoms with E-state index in [9.17, 15) is 4.79 Å². The molecule has 0 atom stereocenters. The van der Waals surface area contributed by atoms with E-state index in [1.807, 2.05) is 22.9 Å². The zero-order chi connectivity index (χ0) is 10.1. The number of nitrogen functional groups attached to an aromatic ring is 1. The standard InChI is InChI=1S/C10H11N3O/c1-7(14)5-8-6-13-4-2-3-9(11)10(13)12-8/h2-4,6H,5,11H2,1H3. The van der Waals surface area contributed by atoms with Gasteiger partial charge in [-0.05, 0) is 19.1 Å². The van der Waals surface area contributed by atoms with Crippen LogP contribution in [-0.2, 0) is 11.2 Å². The lowest BCUT2D eigenvalue weighted by Crippen LogP contribution is -1.95. The molecule has 2 aromatic heterocycles. The first-order valence-corrected chi connectivity index (χ1v) is 4.38. The first-order valence-electron chi connectivity index (χ1n) is 4.38. The van der Waals surface area contributed by atoms with E-state index in [1.54, 1.807) is 13.0 Å². The SMILES string of the molecule is CC(=O)Cc1cn2cccc(N)c2n1. The Bertz CT molecular complexity index is 487. The van der Waals surface area contributed by atoms with E-state index in [0.29, 0.717) is 17.8 Å². The van der Waals surface area contributed by atoms with Gasteiger partial charge in [0.1, 0.15) is 5.78 Å². The van der Waals surface area contributed by atoms with Gasteiger partial charge in [-0.25, -0.2) is 4.98 Å². The summed E-state index contributed by atoms with van der Waals surface area (Å²) in [5.41, 5.74) is 7.83. The van der Waals surface area contributed by atoms with Crippen LogP contribution in [0.4, 0.5) is 5.69 Å². The molecule has 0 unspecified atom stereocenters. The molecule has 0 amide bonds. The number of hydrogen-bond donors (Lipinski definition) is 1. The first-order chi connectivity index (χ1) is 6.66. The van der Waals surface area contributed by atoms with E-state index < -0.39 is 0 Å². The third-order valence-electron chi connectivity index (χ3n) is 1.99. The van der Waals surface area contributed by atoms with Gasteiger partial charge in [-0.15, -0.1) is 0 Å². The normalized spacial score (nSPS) is 10.6. The number of imidazole rings is 1. The highest BCUT2D eigenvalue weighted by Crippen LogP contribution is 2.12. The summed E-state index contributed by atoms with van der Waals surface area (Å²) in [6.45, 7) is 1.55. The van der Waals surface area contributed by atoms with Crippen LogP contribution in [0.15, 0.2) is 24.5 Å². The van der Waals surface area contributed by atoms with E-state index in [-0.39, 0.29) is 5.78 Å². The second-order valence-electron chi connectivity index (χ2n) is 3.31. The van der Waals surface area contributed by atoms with Gasteiger partial charge in [0.05, 0.1) is 11.4 Å². The van der Waals surface area contributed by atoms with Crippen molar-refractivity contribution in [3.05, 3.63) is 30.2 Å². The Kier molecular flexibility index (Phi) is 1.96. The first kappa shape index (κ1) is 8.74. The average Bonchev–Trinajstić information content (AvgIpc) is 2.47. The number of nitrogens with two attached hydrogens (primary N) is 1. The van der Waals surface area contributed by atoms with Gasteiger partial charge < -0.3 is 10.1 Å². The van der Waals surface area contributed by atoms with Crippen LogP contribution in [0.2, 0.25) is 0 Å². The highest BCUT2D eigenvalue weighted by Gasteiger charge is 2.05. The summed E-state index contributed by atoms with van der Waals surface area (Å²) in [6, 6.07) is 3.64. The van der Waals surface area contributed by atoms with Gasteiger partial charge in [0.2, 0.25) is 0 Å². The molecule has 2 rings (SSSR count). The number of fused-ring (bicyclic) bond motifs is 1. The van der Waals surface area contributed by atoms with Crippen LogP contribution in [0.1, 0.15) is 12.6 Å². The minimum Gasteiger partial charge on any atom is -0.396 e. The highest BCUT2D eigenvalue weighted by molar-refractivity contribution is 5.78. The summed E-state index contributed by atoms with van der Waals surface area (Å²) in [4.78, 5) is 15.2. The monoisotopic (exact) mass is 189 g/mol. The number of carbonyl (C=O) groups excluding carboxylic acids is 1. The largest absolute Gasteiger partial charge is 0.396 e. The molecule has 2 heterocycles. The number of hydrogen-bond acceptors (Lipinski definition) is 3. The number of rotatable bonds is 2. The van der Waals surface area contributed by atoms with E-state index >= 15 is 0 Å². The minimum absolute atomic E-state index is 0.104. The molecule has 0 aliphatic heterocycles. The lowest BCUT2D eigenvalue weighted by Gasteiger charge is -1.94. The molecule has 4 heteroatoms. The van der Waals surface area contributed by atoms with Crippen LogP contribution in [0.3, 0.4) is 0 Å². The molecule has 0 saturated carbocycles. The summed E-state index contributed by atoms with van der Waals surface area (Å²) < 4.78 is 1.83. The van der Waals surface area contributed by atoms with E-state index in [1.165, 1.54) is 0 Å². The van der Waals surface area contributed by atoms with E-state index in [2.05, 4.69) is 4.98 Å². The molecule has 4 nitrogen and oxygen atoms in total. The van der Waals surface area contributed by atoms with E-state index in [4.69, 9.17) is 5.73 Å². The number of ketones is 1. The van der Waals surface area contributed by atoms with Crippen LogP contribution < -0.4 is 5.73 Å². The molecule has 72 valence electrons. The van der Waals surface area contributed by atoms with Crippen molar-refractivity contribution in [2.75, 3.05) is 5.73 Å². The number of Topliss-reactive ketones (excluding diaryl/α,β-unsaturated/α-hetero) is 1. The van der Waals surface area contributed by atoms with Crippen molar-refractivity contribution in [1.29, 1.82) is 0 Å². The lowest BCUT2D eigenvalue weighted by atomic mass is 10.2. The Morgan fingerprint density at radius 1 is 1.64 bits per heavy atom. The number of nitrogens with zero attached hydrogens (tertiary/aromatic N) is 2. The lowest BCUT2D eigenvalue weighted by molar-refractivity contribution is -0.116. The van der Waals surface area contributed by atoms with Crippen molar-refractivity contribution in [2.45, 2.75) is 13.3 Å². The van der Waals surface area contributed by atoms with Crippen molar-refractivity contribution >= 4 is 17.1 Å². The summed E-state index contributed by atoms with van der Waals surface area (Å²) in [6.07, 6.45) is 4.05. The van der Waals surface area contributed by atoms with Crippen LogP contribution >= 0.6 is 0 Å². The molecule has 0 saturated heterocycles. The van der Waals surface area contributed by atoms with Crippen molar-refractivity contribution in [2.24, 2.45) is 0 Å². The fourth-order valence-corrected chi connectivity index (χ4v) is 1.43. The third kappa shape index (κ3) is 1.46. The molecule has 2 aromatic rings. The summed E-state index contributed by atoms with van der Waals surface area (Å²) in [5.74, 6) is 0.104. The molecule has 0 aromatic carbocycles. The van der Waals surface area contributed by atoms with Gasteiger partial charge >= 0.3 is 0 Å². The summed E-state index contributed by atoms with van der Waals surface area (Å²) in [7, 11) is 0. The molecule has 0 bridgehead atoms. The predicted molar refractivity (Wildman–Crippen MR) is 54.0 cm³/mol. The van der Waals surface area contributed by atoms with Gasteiger partial charge in [0.15, 0.2) is 5.65 Å². The summed E-state index contributed by atoms with van der Waals surface area (Å²) >= 11 is 0. The highest BCUT2D eigenvalue weighted by atomic mass is 16.1. The Labute approximate surface area is 81.4 Å². The topological polar surface area (TPSA) is 60.4 Å². The average molecular weight is 189 g/mol. The second kappa shape index (κ2) is 3.14. The number of carbonyl (C=O) groups is 1. The van der Waals surface area contributed by atoms with Gasteiger partial charge in [-0.3, -0.25) is 4.79 Å². The Hall–Kier alpha value is -1.84. The minimum atomic E-state index is 0.104. The zero-order valence-corrected chi connectivity index (χ0v) is 7.90. The molecule has 0 spiro atoms. The quantitative estimate of drug-likeness (QED) is 0.768. The Morgan fingerprint density at radius 2 is 2.43 bits per heavy atom. The zero-order valence-electron chi connectivity index (χ0n) is 7.90. The Balaban J connectivity index is 2.51. The Morgan fingerprint density at radius 3 is 3.07 bits per heavy atom. The van der Waals surface area contributed by atoms with Crippen LogP contribution in [0, 0.1) is 0 Å². The molecule has 0 radical (unpaired) electrons. The van der Waals surface area contributed by atoms with Gasteiger partial charge in [0, 0.05) is 18.8 Å². The molecule has 0 aliphatic carbocycles. The third-order valence-corrected chi connectivity index (χ3v) is 1.99. The van der Waals surface area contributed by atoms with Crippen LogP contribution in [-0.4, -0.2) is 15.2 Å². The van der Waals surface area contributed by atoms with Gasteiger partial charge in [0.25, 0.3) is 0 Å². The molecule has 0 fully saturated rings. The predicted octanol–water partition coefficient (Wildman–Crippen LogP) is 1.05. The van der Waals surface area contributed by atoms with Crippen molar-refractivity contribution in [1.82, 2.24) is 9.38 Å². The molecular formula is C10H11N3O. The van der Waals surface area contributed by atoms with Crippen molar-refractivity contribution < 1.29 is 4.79 Å². The molecule has 2 N–H and O–H groups in total. The molecule has 14 heavy (non-hydrogen) atoms. The fourth-order valence-electron chi connectivity index (χ4n) is 1.43. The maximum Gasteiger partial charge on any atom is 0.160 e. The van der Waals surface area contributed by atoms with Gasteiger partial charge in [-0.1, -0.05) is 0 Å². The summed E-state index contributed by atoms with van der Waals surface area (Å²) in [5, 5.41) is 0. The van der Waals surface area contributed by atoms with Gasteiger partial charge in [-0.2, -0.15) is 0 Å². The molecular weight excluding hydrogens is 178 g/mol. The maximum atomic E-state index is 10.9. The van der Waals surface area contributed by atoms with Crippen molar-refractivity contribution in [3.63, 3.8) is 0 Å². The number of aromatic nitrogens is 2. The van der Waals surface area contributed by atoms with Crippen LogP contribution in [0.25, 0.3) is 5.65 Å². The maximum absolute atomic E-state index is 10.9. The van der Waals surface area contributed by atoms with Crippen LogP contribution in [0.5, 0.6) is 0 Å². The number of anilines is 1. The molecule has 0 aliphatic rings.